The van der Waals surface area contributed by atoms with E-state index in [1.807, 2.05) is 52.8 Å². The van der Waals surface area contributed by atoms with Gasteiger partial charge < -0.3 is 5.32 Å². The summed E-state index contributed by atoms with van der Waals surface area (Å²) in [6, 6.07) is 5.99. The Kier molecular flexibility index (Phi) is 6.43. The largest absolute Gasteiger partial charge is 0.326 e. The zero-order valence-electron chi connectivity index (χ0n) is 10.3. The standard InChI is InChI=1S/C11H15NO.C2H6.H2/c1-4-10(13)12-11-8(2)6-5-7-9(11)3;1-2;/h5-7H,4H2,1-3H3,(H,12,13);1-2H3;1H. The molecule has 0 unspecified atom stereocenters. The minimum Gasteiger partial charge on any atom is -0.326 e. The van der Waals surface area contributed by atoms with Crippen LogP contribution >= 0.6 is 0 Å². The number of carbonyl (C=O) groups is 1. The Morgan fingerprint density at radius 3 is 2.13 bits per heavy atom. The Labute approximate surface area is 94.2 Å². The van der Waals surface area contributed by atoms with Gasteiger partial charge in [-0.2, -0.15) is 0 Å². The number of para-hydroxylation sites is 1. The minimum atomic E-state index is 0. The van der Waals surface area contributed by atoms with Gasteiger partial charge in [0.15, 0.2) is 0 Å². The third kappa shape index (κ3) is 4.15. The lowest BCUT2D eigenvalue weighted by Gasteiger charge is -2.10. The van der Waals surface area contributed by atoms with Crippen molar-refractivity contribution in [3.63, 3.8) is 0 Å². The van der Waals surface area contributed by atoms with Crippen LogP contribution in [-0.2, 0) is 4.79 Å². The third-order valence-corrected chi connectivity index (χ3v) is 2.07. The fraction of sp³-hybridized carbons (Fsp3) is 0.462. The molecule has 0 saturated carbocycles. The summed E-state index contributed by atoms with van der Waals surface area (Å²) in [6.07, 6.45) is 0.522. The number of carbonyl (C=O) groups excluding carboxylic acids is 1. The Morgan fingerprint density at radius 2 is 1.73 bits per heavy atom. The second kappa shape index (κ2) is 7.04. The van der Waals surface area contributed by atoms with Crippen molar-refractivity contribution >= 4 is 11.6 Å². The molecule has 0 aliphatic rings. The van der Waals surface area contributed by atoms with Crippen molar-refractivity contribution in [2.75, 3.05) is 5.32 Å². The van der Waals surface area contributed by atoms with Crippen LogP contribution in [0.5, 0.6) is 0 Å². The summed E-state index contributed by atoms with van der Waals surface area (Å²) in [6.45, 7) is 9.85. The lowest BCUT2D eigenvalue weighted by Crippen LogP contribution is -2.11. The van der Waals surface area contributed by atoms with Crippen LogP contribution in [0.2, 0.25) is 0 Å². The molecule has 86 valence electrons. The van der Waals surface area contributed by atoms with E-state index in [2.05, 4.69) is 5.32 Å². The van der Waals surface area contributed by atoms with Crippen molar-refractivity contribution in [1.29, 1.82) is 0 Å². The van der Waals surface area contributed by atoms with Crippen LogP contribution in [0.1, 0.15) is 39.7 Å². The van der Waals surface area contributed by atoms with Crippen LogP contribution in [-0.4, -0.2) is 5.91 Å². The summed E-state index contributed by atoms with van der Waals surface area (Å²) in [4.78, 5) is 11.2. The average molecular weight is 209 g/mol. The fourth-order valence-corrected chi connectivity index (χ4v) is 1.24. The fourth-order valence-electron chi connectivity index (χ4n) is 1.24. The van der Waals surface area contributed by atoms with Crippen molar-refractivity contribution in [2.45, 2.75) is 41.0 Å². The number of hydrogen-bond donors (Lipinski definition) is 1. The van der Waals surface area contributed by atoms with Gasteiger partial charge in [0.2, 0.25) is 5.91 Å². The molecular weight excluding hydrogens is 186 g/mol. The van der Waals surface area contributed by atoms with Gasteiger partial charge in [-0.25, -0.2) is 0 Å². The molecule has 0 heterocycles. The highest BCUT2D eigenvalue weighted by molar-refractivity contribution is 5.92. The highest BCUT2D eigenvalue weighted by atomic mass is 16.1. The summed E-state index contributed by atoms with van der Waals surface area (Å²) < 4.78 is 0. The van der Waals surface area contributed by atoms with Crippen molar-refractivity contribution in [3.05, 3.63) is 29.3 Å². The number of aryl methyl sites for hydroxylation is 2. The molecule has 0 saturated heterocycles. The molecule has 1 rings (SSSR count). The van der Waals surface area contributed by atoms with Crippen molar-refractivity contribution in [1.82, 2.24) is 0 Å². The number of amides is 1. The Bertz CT molecular complexity index is 303. The van der Waals surface area contributed by atoms with E-state index in [4.69, 9.17) is 0 Å². The van der Waals surface area contributed by atoms with Gasteiger partial charge in [0.25, 0.3) is 0 Å². The first-order chi connectivity index (χ1) is 7.15. The number of rotatable bonds is 2. The first-order valence-corrected chi connectivity index (χ1v) is 5.51. The van der Waals surface area contributed by atoms with E-state index < -0.39 is 0 Å². The maximum atomic E-state index is 11.2. The maximum Gasteiger partial charge on any atom is 0.224 e. The maximum absolute atomic E-state index is 11.2. The molecule has 0 atom stereocenters. The summed E-state index contributed by atoms with van der Waals surface area (Å²) in [5.41, 5.74) is 3.18. The van der Waals surface area contributed by atoms with Gasteiger partial charge in [-0.15, -0.1) is 0 Å². The van der Waals surface area contributed by atoms with Crippen molar-refractivity contribution < 1.29 is 6.22 Å². The lowest BCUT2D eigenvalue weighted by atomic mass is 10.1. The van der Waals surface area contributed by atoms with E-state index in [0.29, 0.717) is 6.42 Å². The molecule has 0 radical (unpaired) electrons. The molecule has 0 aliphatic heterocycles. The molecule has 1 N–H and O–H groups in total. The smallest absolute Gasteiger partial charge is 0.224 e. The molecule has 1 aromatic rings. The lowest BCUT2D eigenvalue weighted by molar-refractivity contribution is -0.115. The molecule has 2 nitrogen and oxygen atoms in total. The van der Waals surface area contributed by atoms with Crippen LogP contribution in [0.3, 0.4) is 0 Å². The highest BCUT2D eigenvalue weighted by Crippen LogP contribution is 2.19. The normalized spacial score (nSPS) is 8.87. The van der Waals surface area contributed by atoms with E-state index >= 15 is 0 Å². The van der Waals surface area contributed by atoms with Crippen molar-refractivity contribution in [3.8, 4) is 0 Å². The molecule has 15 heavy (non-hydrogen) atoms. The molecule has 0 bridgehead atoms. The molecule has 2 heteroatoms. The van der Waals surface area contributed by atoms with Gasteiger partial charge in [-0.05, 0) is 25.0 Å². The molecule has 0 aliphatic carbocycles. The minimum absolute atomic E-state index is 0. The first kappa shape index (κ1) is 13.7. The van der Waals surface area contributed by atoms with Crippen LogP contribution in [0.15, 0.2) is 18.2 Å². The van der Waals surface area contributed by atoms with Gasteiger partial charge in [-0.1, -0.05) is 39.0 Å². The highest BCUT2D eigenvalue weighted by Gasteiger charge is 2.04. The van der Waals surface area contributed by atoms with Gasteiger partial charge in [-0.3, -0.25) is 4.79 Å². The molecule has 0 aromatic heterocycles. The second-order valence-electron chi connectivity index (χ2n) is 3.17. The molecule has 0 spiro atoms. The van der Waals surface area contributed by atoms with E-state index in [9.17, 15) is 4.79 Å². The Hall–Kier alpha value is -1.31. The third-order valence-electron chi connectivity index (χ3n) is 2.07. The van der Waals surface area contributed by atoms with Crippen LogP contribution in [0.4, 0.5) is 5.69 Å². The van der Waals surface area contributed by atoms with Crippen LogP contribution in [0, 0.1) is 13.8 Å². The number of nitrogens with one attached hydrogen (secondary N) is 1. The van der Waals surface area contributed by atoms with Gasteiger partial charge in [0.05, 0.1) is 0 Å². The molecular formula is C13H23NO. The first-order valence-electron chi connectivity index (χ1n) is 5.51. The monoisotopic (exact) mass is 209 g/mol. The molecule has 1 amide bonds. The zero-order chi connectivity index (χ0) is 11.8. The summed E-state index contributed by atoms with van der Waals surface area (Å²) in [5, 5.41) is 2.89. The van der Waals surface area contributed by atoms with Crippen molar-refractivity contribution in [2.24, 2.45) is 0 Å². The molecule has 1 aromatic carbocycles. The van der Waals surface area contributed by atoms with Gasteiger partial charge in [0.1, 0.15) is 0 Å². The Balaban J connectivity index is 0. The van der Waals surface area contributed by atoms with E-state index in [-0.39, 0.29) is 7.33 Å². The summed E-state index contributed by atoms with van der Waals surface area (Å²) in [7, 11) is 0. The average Bonchev–Trinajstić information content (AvgIpc) is 2.26. The predicted molar refractivity (Wildman–Crippen MR) is 68.3 cm³/mol. The van der Waals surface area contributed by atoms with Gasteiger partial charge >= 0.3 is 0 Å². The SMILES string of the molecule is CC.CCC(=O)Nc1c(C)cccc1C.[HH]. The number of benzene rings is 1. The van der Waals surface area contributed by atoms with E-state index in [1.165, 1.54) is 0 Å². The van der Waals surface area contributed by atoms with Crippen LogP contribution < -0.4 is 5.32 Å². The van der Waals surface area contributed by atoms with E-state index in [1.54, 1.807) is 0 Å². The Morgan fingerprint density at radius 1 is 1.27 bits per heavy atom. The van der Waals surface area contributed by atoms with Gasteiger partial charge in [0, 0.05) is 13.5 Å². The number of hydrogen-bond acceptors (Lipinski definition) is 1. The second-order valence-corrected chi connectivity index (χ2v) is 3.17. The quantitative estimate of drug-likeness (QED) is 0.785. The van der Waals surface area contributed by atoms with E-state index in [0.717, 1.165) is 16.8 Å². The number of anilines is 1. The summed E-state index contributed by atoms with van der Waals surface area (Å²) in [5.74, 6) is 0.0670. The molecule has 0 fully saturated rings. The topological polar surface area (TPSA) is 29.1 Å². The summed E-state index contributed by atoms with van der Waals surface area (Å²) >= 11 is 0. The predicted octanol–water partition coefficient (Wildman–Crippen LogP) is 3.92. The van der Waals surface area contributed by atoms with Crippen LogP contribution in [0.25, 0.3) is 0 Å². The zero-order valence-corrected chi connectivity index (χ0v) is 10.3.